The minimum atomic E-state index is -0.418. The molecule has 0 heterocycles. The first-order valence-corrected chi connectivity index (χ1v) is 28.2. The van der Waals surface area contributed by atoms with Crippen molar-refractivity contribution in [3.63, 3.8) is 0 Å². The van der Waals surface area contributed by atoms with Crippen molar-refractivity contribution in [1.82, 2.24) is 0 Å². The van der Waals surface area contributed by atoms with Gasteiger partial charge in [0.2, 0.25) is 0 Å². The molecular formula is C72H90N4O4Zn2. The van der Waals surface area contributed by atoms with Crippen LogP contribution in [0.5, 0.6) is 23.0 Å². The number of aliphatic imine (C=N–C) groups is 4. The fraction of sp³-hybridized carbons (Fsp3) is 0.444. The van der Waals surface area contributed by atoms with Gasteiger partial charge in [-0.3, -0.25) is 20.0 Å². The van der Waals surface area contributed by atoms with Crippen LogP contribution in [0.1, 0.15) is 233 Å². The summed E-state index contributed by atoms with van der Waals surface area (Å²) in [7, 11) is 0. The van der Waals surface area contributed by atoms with E-state index >= 15 is 0 Å². The topological polar surface area (TPSA) is 142 Å². The van der Waals surface area contributed by atoms with Gasteiger partial charge in [0.1, 0.15) is 0 Å². The molecule has 0 fully saturated rings. The van der Waals surface area contributed by atoms with E-state index < -0.39 is 21.7 Å². The third kappa shape index (κ3) is 16.4. The minimum absolute atomic E-state index is 0. The van der Waals surface area contributed by atoms with Crippen molar-refractivity contribution in [2.75, 3.05) is 0 Å². The van der Waals surface area contributed by atoms with E-state index in [1.165, 1.54) is 0 Å². The number of hydrogen-bond donors (Lipinski definition) is 0. The number of benzene rings is 6. The third-order valence-electron chi connectivity index (χ3n) is 14.8. The van der Waals surface area contributed by atoms with Gasteiger partial charge in [-0.1, -0.05) is 250 Å². The SMILES string of the molecule is CC(C)(C)c1cc(C=Nc2ccc(-c3ccc(N=Cc4cc(C(C)(C)C)cc(C(C)(C)C)c4[O-])c(N=Cc4cc(C(C)(C)C)cc(C(C)(C)C)c4[O-])c3)cc2N=Cc2cc(C(C)(C)C)cc(C(C)(C)C)c2[O-])c([O-])c(C(C)(C)C)c1.[Zn+2].[Zn+2]. The average Bonchev–Trinajstić information content (AvgIpc) is 3.30. The summed E-state index contributed by atoms with van der Waals surface area (Å²) in [6.45, 7) is 50.2. The van der Waals surface area contributed by atoms with Crippen LogP contribution in [-0.2, 0) is 82.3 Å². The molecule has 0 aliphatic heterocycles. The molecule has 0 saturated heterocycles. The standard InChI is InChI=1S/C72H94N4O4.2Zn/c1-65(2,3)49-29-45(61(77)53(35-49)69(13,14)15)39-73-57-27-25-43(33-59(57)75-41-47-31-51(67(7,8)9)37-55(63(47)79)71(19,20)21)44-26-28-58(74-40-46-30-50(66(4,5)6)36-54(62(46)78)70(16,17)18)60(34-44)76-42-48-32-52(68(10,11)12)38-56(64(48)80)72(22,23)24;;/h25-42,77-80H,1-24H3;;/q;2*+2/p-4. The maximum Gasteiger partial charge on any atom is 2.00 e. The van der Waals surface area contributed by atoms with Crippen molar-refractivity contribution in [3.05, 3.63) is 152 Å². The molecule has 0 aliphatic carbocycles. The smallest absolute Gasteiger partial charge is 0.872 e. The molecule has 0 spiro atoms. The number of nitrogens with zero attached hydrogens (tertiary/aromatic N) is 4. The molecule has 0 unspecified atom stereocenters. The van der Waals surface area contributed by atoms with Crippen LogP contribution >= 0.6 is 0 Å². The largest absolute Gasteiger partial charge is 2.00 e. The molecule has 10 heteroatoms. The van der Waals surface area contributed by atoms with Crippen LogP contribution in [-0.4, -0.2) is 24.9 Å². The van der Waals surface area contributed by atoms with E-state index in [9.17, 15) is 20.4 Å². The fourth-order valence-corrected chi connectivity index (χ4v) is 9.34. The maximum absolute atomic E-state index is 14.3. The normalized spacial score (nSPS) is 13.4. The first kappa shape index (κ1) is 68.9. The van der Waals surface area contributed by atoms with E-state index in [-0.39, 0.29) is 83.6 Å². The average molecular weight is 1210 g/mol. The molecule has 426 valence electrons. The Morgan fingerprint density at radius 1 is 0.256 bits per heavy atom. The summed E-state index contributed by atoms with van der Waals surface area (Å²) in [4.78, 5) is 20.2. The Balaban J connectivity index is 0.00000722. The summed E-state index contributed by atoms with van der Waals surface area (Å²) in [6, 6.07) is 27.3. The minimum Gasteiger partial charge on any atom is -0.872 e. The van der Waals surface area contributed by atoms with Crippen LogP contribution in [0.4, 0.5) is 22.7 Å². The van der Waals surface area contributed by atoms with Crippen LogP contribution in [0.2, 0.25) is 0 Å². The van der Waals surface area contributed by atoms with Gasteiger partial charge in [-0.2, -0.15) is 0 Å². The molecule has 6 aromatic carbocycles. The van der Waals surface area contributed by atoms with Gasteiger partial charge in [0, 0.05) is 24.9 Å². The summed E-state index contributed by atoms with van der Waals surface area (Å²) < 4.78 is 0. The van der Waals surface area contributed by atoms with Crippen LogP contribution in [0.3, 0.4) is 0 Å². The zero-order chi connectivity index (χ0) is 60.3. The van der Waals surface area contributed by atoms with Gasteiger partial charge in [0.15, 0.2) is 0 Å². The van der Waals surface area contributed by atoms with E-state index in [0.717, 1.165) is 33.4 Å². The molecule has 6 aromatic rings. The predicted molar refractivity (Wildman–Crippen MR) is 334 cm³/mol. The first-order valence-electron chi connectivity index (χ1n) is 28.2. The van der Waals surface area contributed by atoms with Crippen molar-refractivity contribution >= 4 is 47.6 Å². The van der Waals surface area contributed by atoms with Crippen molar-refractivity contribution < 1.29 is 59.4 Å². The zero-order valence-corrected chi connectivity index (χ0v) is 60.2. The number of hydrogen-bond acceptors (Lipinski definition) is 8. The van der Waals surface area contributed by atoms with Crippen molar-refractivity contribution in [2.24, 2.45) is 20.0 Å². The molecule has 0 bridgehead atoms. The van der Waals surface area contributed by atoms with Crippen molar-refractivity contribution in [2.45, 2.75) is 209 Å². The van der Waals surface area contributed by atoms with E-state index in [0.29, 0.717) is 67.3 Å². The zero-order valence-electron chi connectivity index (χ0n) is 54.2. The molecule has 6 rings (SSSR count). The Morgan fingerprint density at radius 2 is 0.451 bits per heavy atom. The van der Waals surface area contributed by atoms with Crippen LogP contribution in [0, 0.1) is 0 Å². The van der Waals surface area contributed by atoms with Crippen LogP contribution in [0.25, 0.3) is 11.1 Å². The third-order valence-corrected chi connectivity index (χ3v) is 14.8. The molecule has 0 N–H and O–H groups in total. The number of rotatable bonds is 9. The Labute approximate surface area is 518 Å². The van der Waals surface area contributed by atoms with E-state index in [4.69, 9.17) is 20.0 Å². The Bertz CT molecular complexity index is 3210. The van der Waals surface area contributed by atoms with E-state index in [1.54, 1.807) is 24.9 Å². The van der Waals surface area contributed by atoms with E-state index in [1.807, 2.05) is 168 Å². The van der Waals surface area contributed by atoms with Gasteiger partial charge in [-0.15, -0.1) is 0 Å². The molecular weight excluding hydrogens is 1120 g/mol. The maximum atomic E-state index is 14.3. The fourth-order valence-electron chi connectivity index (χ4n) is 9.34. The predicted octanol–water partition coefficient (Wildman–Crippen LogP) is 17.0. The second-order valence-electron chi connectivity index (χ2n) is 30.2. The molecule has 8 nitrogen and oxygen atoms in total. The second-order valence-corrected chi connectivity index (χ2v) is 30.2. The molecule has 0 saturated carbocycles. The van der Waals surface area contributed by atoms with Gasteiger partial charge in [-0.05, 0) is 145 Å². The Kier molecular flexibility index (Phi) is 20.7. The molecule has 0 radical (unpaired) electrons. The van der Waals surface area contributed by atoms with Gasteiger partial charge in [0.25, 0.3) is 0 Å². The second kappa shape index (κ2) is 24.6. The van der Waals surface area contributed by atoms with E-state index in [2.05, 4.69) is 83.1 Å². The Hall–Kier alpha value is -5.55. The van der Waals surface area contributed by atoms with Gasteiger partial charge < -0.3 is 20.4 Å². The van der Waals surface area contributed by atoms with Crippen LogP contribution in [0.15, 0.2) is 105 Å². The van der Waals surface area contributed by atoms with Crippen molar-refractivity contribution in [3.8, 4) is 34.1 Å². The summed E-state index contributed by atoms with van der Waals surface area (Å²) in [5.74, 6) is -0.343. The molecule has 0 aromatic heterocycles. The summed E-state index contributed by atoms with van der Waals surface area (Å²) >= 11 is 0. The van der Waals surface area contributed by atoms with Gasteiger partial charge in [0.05, 0.1) is 22.7 Å². The quantitative estimate of drug-likeness (QED) is 0.105. The van der Waals surface area contributed by atoms with Gasteiger partial charge >= 0.3 is 39.0 Å². The molecule has 0 aliphatic rings. The molecule has 0 amide bonds. The molecule has 82 heavy (non-hydrogen) atoms. The first-order chi connectivity index (χ1) is 36.3. The summed E-state index contributed by atoms with van der Waals surface area (Å²) in [5, 5.41) is 57.0. The van der Waals surface area contributed by atoms with Gasteiger partial charge in [-0.25, -0.2) is 0 Å². The van der Waals surface area contributed by atoms with Crippen LogP contribution < -0.4 is 20.4 Å². The Morgan fingerprint density at radius 3 is 0.634 bits per heavy atom. The molecule has 0 atom stereocenters. The summed E-state index contributed by atoms with van der Waals surface area (Å²) in [5.41, 5.74) is 9.71. The summed E-state index contributed by atoms with van der Waals surface area (Å²) in [6.07, 6.45) is 6.54. The van der Waals surface area contributed by atoms with Crippen molar-refractivity contribution in [1.29, 1.82) is 0 Å². The monoisotopic (exact) mass is 1200 g/mol.